The number of carbonyl (C=O) groups excluding carboxylic acids is 1. The molecule has 0 aliphatic rings. The van der Waals surface area contributed by atoms with Gasteiger partial charge in [0, 0.05) is 24.1 Å². The van der Waals surface area contributed by atoms with E-state index in [1.54, 1.807) is 0 Å². The zero-order chi connectivity index (χ0) is 13.2. The van der Waals surface area contributed by atoms with Crippen LogP contribution in [0.5, 0.6) is 5.75 Å². The van der Waals surface area contributed by atoms with Gasteiger partial charge >= 0.3 is 0 Å². The topological polar surface area (TPSA) is 38.3 Å². The van der Waals surface area contributed by atoms with Gasteiger partial charge in [0.1, 0.15) is 5.75 Å². The molecule has 18 heavy (non-hydrogen) atoms. The van der Waals surface area contributed by atoms with Gasteiger partial charge in [-0.3, -0.25) is 4.79 Å². The Hall–Kier alpha value is -1.22. The van der Waals surface area contributed by atoms with Crippen molar-refractivity contribution in [2.75, 3.05) is 17.8 Å². The Morgan fingerprint density at radius 2 is 2.22 bits per heavy atom. The minimum absolute atomic E-state index is 0.0211. The van der Waals surface area contributed by atoms with Gasteiger partial charge in [0.15, 0.2) is 0 Å². The molecule has 4 heteroatoms. The zero-order valence-electron chi connectivity index (χ0n) is 10.7. The van der Waals surface area contributed by atoms with Crippen LogP contribution >= 0.6 is 11.6 Å². The van der Waals surface area contributed by atoms with Crippen molar-refractivity contribution in [1.82, 2.24) is 0 Å². The molecule has 0 saturated heterocycles. The molecule has 1 amide bonds. The van der Waals surface area contributed by atoms with Crippen LogP contribution in [0.2, 0.25) is 0 Å². The highest BCUT2D eigenvalue weighted by molar-refractivity contribution is 6.17. The van der Waals surface area contributed by atoms with Crippen molar-refractivity contribution >= 4 is 23.2 Å². The number of benzene rings is 1. The Bertz CT molecular complexity index is 369. The molecule has 1 rings (SSSR count). The molecule has 0 aliphatic carbocycles. The summed E-state index contributed by atoms with van der Waals surface area (Å²) in [6.07, 6.45) is 3.16. The number of hydrogen-bond acceptors (Lipinski definition) is 2. The lowest BCUT2D eigenvalue weighted by Crippen LogP contribution is -2.11. The van der Waals surface area contributed by atoms with Crippen molar-refractivity contribution in [2.24, 2.45) is 0 Å². The predicted molar refractivity (Wildman–Crippen MR) is 75.4 cm³/mol. The van der Waals surface area contributed by atoms with Crippen LogP contribution < -0.4 is 10.1 Å². The number of hydrogen-bond donors (Lipinski definition) is 1. The van der Waals surface area contributed by atoms with E-state index in [0.29, 0.717) is 18.9 Å². The largest absolute Gasteiger partial charge is 0.494 e. The Kier molecular flexibility index (Phi) is 7.26. The normalized spacial score (nSPS) is 10.1. The third-order valence-corrected chi connectivity index (χ3v) is 2.65. The summed E-state index contributed by atoms with van der Waals surface area (Å²) in [7, 11) is 0. The van der Waals surface area contributed by atoms with Crippen LogP contribution in [0, 0.1) is 0 Å². The maximum absolute atomic E-state index is 11.6. The van der Waals surface area contributed by atoms with E-state index in [0.717, 1.165) is 30.7 Å². The van der Waals surface area contributed by atoms with Gasteiger partial charge in [0.2, 0.25) is 5.91 Å². The molecule has 100 valence electrons. The second kappa shape index (κ2) is 8.81. The minimum Gasteiger partial charge on any atom is -0.494 e. The number of halogens is 1. The Morgan fingerprint density at radius 1 is 1.39 bits per heavy atom. The highest BCUT2D eigenvalue weighted by Crippen LogP contribution is 2.17. The molecule has 1 aromatic rings. The van der Waals surface area contributed by atoms with E-state index in [4.69, 9.17) is 16.3 Å². The van der Waals surface area contributed by atoms with E-state index in [2.05, 4.69) is 12.2 Å². The Balaban J connectivity index is 2.43. The molecule has 0 fully saturated rings. The highest BCUT2D eigenvalue weighted by Gasteiger charge is 2.03. The number of ether oxygens (including phenoxy) is 1. The molecule has 1 N–H and O–H groups in total. The van der Waals surface area contributed by atoms with Crippen LogP contribution in [-0.4, -0.2) is 18.4 Å². The van der Waals surface area contributed by atoms with Crippen molar-refractivity contribution < 1.29 is 9.53 Å². The fourth-order valence-corrected chi connectivity index (χ4v) is 1.68. The third kappa shape index (κ3) is 5.92. The first kappa shape index (κ1) is 14.8. The molecule has 0 aliphatic heterocycles. The molecular formula is C14H20ClNO2. The summed E-state index contributed by atoms with van der Waals surface area (Å²) < 4.78 is 5.51. The molecule has 0 spiro atoms. The van der Waals surface area contributed by atoms with Gasteiger partial charge in [-0.1, -0.05) is 13.0 Å². The summed E-state index contributed by atoms with van der Waals surface area (Å²) in [6.45, 7) is 2.75. The molecule has 0 unspecified atom stereocenters. The molecular weight excluding hydrogens is 250 g/mol. The Morgan fingerprint density at radius 3 is 2.94 bits per heavy atom. The van der Waals surface area contributed by atoms with Gasteiger partial charge in [-0.25, -0.2) is 0 Å². The summed E-state index contributed by atoms with van der Waals surface area (Å²) in [5, 5.41) is 2.86. The van der Waals surface area contributed by atoms with Crippen LogP contribution in [0.3, 0.4) is 0 Å². The fraction of sp³-hybridized carbons (Fsp3) is 0.500. The van der Waals surface area contributed by atoms with Crippen molar-refractivity contribution in [3.05, 3.63) is 24.3 Å². The number of unbranched alkanes of at least 4 members (excludes halogenated alkanes) is 1. The van der Waals surface area contributed by atoms with Crippen molar-refractivity contribution in [2.45, 2.75) is 32.6 Å². The van der Waals surface area contributed by atoms with E-state index in [1.807, 2.05) is 24.3 Å². The van der Waals surface area contributed by atoms with Gasteiger partial charge in [0.05, 0.1) is 6.61 Å². The van der Waals surface area contributed by atoms with Gasteiger partial charge in [-0.15, -0.1) is 11.6 Å². The molecule has 0 radical (unpaired) electrons. The molecule has 0 bridgehead atoms. The molecule has 3 nitrogen and oxygen atoms in total. The van der Waals surface area contributed by atoms with Gasteiger partial charge in [0.25, 0.3) is 0 Å². The third-order valence-electron chi connectivity index (χ3n) is 2.38. The van der Waals surface area contributed by atoms with E-state index >= 15 is 0 Å². The SMILES string of the molecule is CCCOc1cccc(NC(=O)CCCCCl)c1. The number of amides is 1. The predicted octanol–water partition coefficient (Wildman–Crippen LogP) is 3.82. The second-order valence-electron chi connectivity index (χ2n) is 4.07. The quantitative estimate of drug-likeness (QED) is 0.575. The van der Waals surface area contributed by atoms with Crippen molar-refractivity contribution in [1.29, 1.82) is 0 Å². The van der Waals surface area contributed by atoms with E-state index < -0.39 is 0 Å². The van der Waals surface area contributed by atoms with Gasteiger partial charge in [-0.2, -0.15) is 0 Å². The standard InChI is InChI=1S/C14H20ClNO2/c1-2-10-18-13-7-5-6-12(11-13)16-14(17)8-3-4-9-15/h5-7,11H,2-4,8-10H2,1H3,(H,16,17). The summed E-state index contributed by atoms with van der Waals surface area (Å²) in [4.78, 5) is 11.6. The average Bonchev–Trinajstić information content (AvgIpc) is 2.37. The monoisotopic (exact) mass is 269 g/mol. The Labute approximate surface area is 113 Å². The van der Waals surface area contributed by atoms with Crippen LogP contribution in [0.4, 0.5) is 5.69 Å². The van der Waals surface area contributed by atoms with Crippen molar-refractivity contribution in [3.8, 4) is 5.75 Å². The van der Waals surface area contributed by atoms with Crippen LogP contribution in [0.15, 0.2) is 24.3 Å². The number of anilines is 1. The maximum atomic E-state index is 11.6. The van der Waals surface area contributed by atoms with Gasteiger partial charge < -0.3 is 10.1 Å². The van der Waals surface area contributed by atoms with E-state index in [-0.39, 0.29) is 5.91 Å². The summed E-state index contributed by atoms with van der Waals surface area (Å²) in [6, 6.07) is 7.46. The number of carbonyl (C=O) groups is 1. The lowest BCUT2D eigenvalue weighted by molar-refractivity contribution is -0.116. The first-order valence-corrected chi connectivity index (χ1v) is 6.88. The van der Waals surface area contributed by atoms with Crippen molar-refractivity contribution in [3.63, 3.8) is 0 Å². The van der Waals surface area contributed by atoms with Crippen LogP contribution in [0.25, 0.3) is 0 Å². The van der Waals surface area contributed by atoms with Crippen LogP contribution in [-0.2, 0) is 4.79 Å². The number of rotatable bonds is 8. The molecule has 1 aromatic carbocycles. The molecule has 0 heterocycles. The lowest BCUT2D eigenvalue weighted by atomic mass is 10.2. The van der Waals surface area contributed by atoms with Gasteiger partial charge in [-0.05, 0) is 31.4 Å². The molecule has 0 aromatic heterocycles. The fourth-order valence-electron chi connectivity index (χ4n) is 1.49. The smallest absolute Gasteiger partial charge is 0.224 e. The molecule has 0 atom stereocenters. The first-order chi connectivity index (χ1) is 8.76. The summed E-state index contributed by atoms with van der Waals surface area (Å²) in [5.74, 6) is 1.41. The summed E-state index contributed by atoms with van der Waals surface area (Å²) in [5.41, 5.74) is 0.777. The number of nitrogens with one attached hydrogen (secondary N) is 1. The van der Waals surface area contributed by atoms with E-state index in [1.165, 1.54) is 0 Å². The minimum atomic E-state index is 0.0211. The first-order valence-electron chi connectivity index (χ1n) is 6.35. The van der Waals surface area contributed by atoms with Crippen LogP contribution in [0.1, 0.15) is 32.6 Å². The maximum Gasteiger partial charge on any atom is 0.224 e. The van der Waals surface area contributed by atoms with E-state index in [9.17, 15) is 4.79 Å². The summed E-state index contributed by atoms with van der Waals surface area (Å²) >= 11 is 5.57. The second-order valence-corrected chi connectivity index (χ2v) is 4.45. The molecule has 0 saturated carbocycles. The highest BCUT2D eigenvalue weighted by atomic mass is 35.5. The zero-order valence-corrected chi connectivity index (χ0v) is 11.5. The lowest BCUT2D eigenvalue weighted by Gasteiger charge is -2.08. The number of alkyl halides is 1. The average molecular weight is 270 g/mol.